The van der Waals surface area contributed by atoms with E-state index in [1.807, 2.05) is 24.3 Å². The summed E-state index contributed by atoms with van der Waals surface area (Å²) in [6.07, 6.45) is 0. The van der Waals surface area contributed by atoms with E-state index in [9.17, 15) is 4.39 Å². The second-order valence-electron chi connectivity index (χ2n) is 4.31. The molecular weight excluding hydrogens is 213 g/mol. The van der Waals surface area contributed by atoms with Crippen LogP contribution in [0.3, 0.4) is 0 Å². The van der Waals surface area contributed by atoms with Crippen molar-refractivity contribution in [3.63, 3.8) is 0 Å². The molecule has 0 fully saturated rings. The minimum absolute atomic E-state index is 0.145. The molecule has 1 N–H and O–H groups in total. The molecule has 0 heterocycles. The first-order chi connectivity index (χ1) is 8.15. The van der Waals surface area contributed by atoms with E-state index in [2.05, 4.69) is 24.4 Å². The van der Waals surface area contributed by atoms with Crippen LogP contribution in [0, 0.1) is 19.7 Å². The molecule has 0 radical (unpaired) electrons. The predicted molar refractivity (Wildman–Crippen MR) is 69.6 cm³/mol. The average Bonchev–Trinajstić information content (AvgIpc) is 2.31. The first kappa shape index (κ1) is 11.6. The molecule has 2 rings (SSSR count). The Hall–Kier alpha value is -1.83. The largest absolute Gasteiger partial charge is 0.381 e. The maximum Gasteiger partial charge on any atom is 0.126 e. The highest BCUT2D eigenvalue weighted by atomic mass is 19.1. The summed E-state index contributed by atoms with van der Waals surface area (Å²) in [5.74, 6) is -0.145. The molecule has 17 heavy (non-hydrogen) atoms. The van der Waals surface area contributed by atoms with Crippen molar-refractivity contribution in [3.8, 4) is 0 Å². The van der Waals surface area contributed by atoms with Crippen LogP contribution in [0.1, 0.15) is 16.7 Å². The van der Waals surface area contributed by atoms with Gasteiger partial charge in [0.1, 0.15) is 5.82 Å². The van der Waals surface area contributed by atoms with Gasteiger partial charge in [-0.1, -0.05) is 24.3 Å². The molecule has 0 amide bonds. The lowest BCUT2D eigenvalue weighted by molar-refractivity contribution is 0.616. The topological polar surface area (TPSA) is 12.0 Å². The fraction of sp³-hybridized carbons (Fsp3) is 0.200. The fourth-order valence-electron chi connectivity index (χ4n) is 1.71. The zero-order valence-corrected chi connectivity index (χ0v) is 10.1. The van der Waals surface area contributed by atoms with Crippen LogP contribution >= 0.6 is 0 Å². The molecule has 1 nitrogen and oxygen atoms in total. The van der Waals surface area contributed by atoms with Crippen LogP contribution in [0.5, 0.6) is 0 Å². The molecule has 2 aromatic carbocycles. The highest BCUT2D eigenvalue weighted by molar-refractivity contribution is 5.46. The highest BCUT2D eigenvalue weighted by Gasteiger charge is 1.99. The average molecular weight is 229 g/mol. The van der Waals surface area contributed by atoms with Crippen LogP contribution in [-0.2, 0) is 6.54 Å². The van der Waals surface area contributed by atoms with Gasteiger partial charge in [0.25, 0.3) is 0 Å². The maximum atomic E-state index is 13.3. The summed E-state index contributed by atoms with van der Waals surface area (Å²) in [6.45, 7) is 4.46. The third-order valence-electron chi connectivity index (χ3n) is 2.75. The third kappa shape index (κ3) is 3.06. The van der Waals surface area contributed by atoms with Crippen molar-refractivity contribution in [2.75, 3.05) is 5.32 Å². The summed E-state index contributed by atoms with van der Waals surface area (Å²) in [5.41, 5.74) is 3.91. The summed E-state index contributed by atoms with van der Waals surface area (Å²) in [5, 5.41) is 3.28. The maximum absolute atomic E-state index is 13.3. The van der Waals surface area contributed by atoms with Crippen molar-refractivity contribution in [2.45, 2.75) is 20.4 Å². The van der Waals surface area contributed by atoms with Crippen molar-refractivity contribution in [1.82, 2.24) is 0 Å². The normalized spacial score (nSPS) is 10.3. The molecule has 88 valence electrons. The third-order valence-corrected chi connectivity index (χ3v) is 2.75. The zero-order chi connectivity index (χ0) is 12.3. The Morgan fingerprint density at radius 1 is 1.06 bits per heavy atom. The van der Waals surface area contributed by atoms with Gasteiger partial charge in [-0.05, 0) is 48.7 Å². The lowest BCUT2D eigenvalue weighted by atomic mass is 10.1. The predicted octanol–water partition coefficient (Wildman–Crippen LogP) is 4.05. The Morgan fingerprint density at radius 2 is 1.88 bits per heavy atom. The van der Waals surface area contributed by atoms with Crippen molar-refractivity contribution in [3.05, 3.63) is 65.0 Å². The van der Waals surface area contributed by atoms with Gasteiger partial charge in [0.05, 0.1) is 0 Å². The summed E-state index contributed by atoms with van der Waals surface area (Å²) in [7, 11) is 0. The van der Waals surface area contributed by atoms with E-state index in [1.54, 1.807) is 13.0 Å². The number of nitrogens with one attached hydrogen (secondary N) is 1. The molecule has 0 aliphatic heterocycles. The van der Waals surface area contributed by atoms with Gasteiger partial charge in [0.2, 0.25) is 0 Å². The van der Waals surface area contributed by atoms with Gasteiger partial charge < -0.3 is 5.32 Å². The van der Waals surface area contributed by atoms with E-state index < -0.39 is 0 Å². The van der Waals surface area contributed by atoms with Crippen molar-refractivity contribution < 1.29 is 4.39 Å². The molecule has 0 saturated heterocycles. The van der Waals surface area contributed by atoms with Gasteiger partial charge in [-0.15, -0.1) is 0 Å². The van der Waals surface area contributed by atoms with E-state index in [1.165, 1.54) is 5.56 Å². The van der Waals surface area contributed by atoms with Gasteiger partial charge in [-0.2, -0.15) is 0 Å². The molecule has 0 aliphatic rings. The molecule has 2 heteroatoms. The minimum atomic E-state index is -0.145. The molecule has 0 aromatic heterocycles. The Bertz CT molecular complexity index is 520. The van der Waals surface area contributed by atoms with E-state index in [0.717, 1.165) is 11.3 Å². The highest BCUT2D eigenvalue weighted by Crippen LogP contribution is 2.13. The Morgan fingerprint density at radius 3 is 2.59 bits per heavy atom. The first-order valence-electron chi connectivity index (χ1n) is 5.71. The number of rotatable bonds is 3. The summed E-state index contributed by atoms with van der Waals surface area (Å²) in [6, 6.07) is 13.5. The van der Waals surface area contributed by atoms with Crippen LogP contribution < -0.4 is 5.32 Å². The molecule has 2 aromatic rings. The first-order valence-corrected chi connectivity index (χ1v) is 5.71. The number of halogens is 1. The second-order valence-corrected chi connectivity index (χ2v) is 4.31. The minimum Gasteiger partial charge on any atom is -0.381 e. The molecule has 0 saturated carbocycles. The molecule has 0 unspecified atom stereocenters. The SMILES string of the molecule is Cc1cccc(NCc2ccc(C)c(F)c2)c1. The monoisotopic (exact) mass is 229 g/mol. The summed E-state index contributed by atoms with van der Waals surface area (Å²) >= 11 is 0. The van der Waals surface area contributed by atoms with E-state index in [-0.39, 0.29) is 5.82 Å². The van der Waals surface area contributed by atoms with Crippen LogP contribution in [-0.4, -0.2) is 0 Å². The van der Waals surface area contributed by atoms with E-state index >= 15 is 0 Å². The second kappa shape index (κ2) is 5.00. The van der Waals surface area contributed by atoms with Gasteiger partial charge >= 0.3 is 0 Å². The lowest BCUT2D eigenvalue weighted by Crippen LogP contribution is -2.00. The van der Waals surface area contributed by atoms with E-state index in [4.69, 9.17) is 0 Å². The van der Waals surface area contributed by atoms with Crippen molar-refractivity contribution in [1.29, 1.82) is 0 Å². The molecule has 0 atom stereocenters. The Balaban J connectivity index is 2.05. The molecule has 0 aliphatic carbocycles. The molecule has 0 spiro atoms. The van der Waals surface area contributed by atoms with Crippen molar-refractivity contribution in [2.24, 2.45) is 0 Å². The van der Waals surface area contributed by atoms with Gasteiger partial charge in [0, 0.05) is 12.2 Å². The molecule has 0 bridgehead atoms. The Labute approximate surface area is 101 Å². The fourth-order valence-corrected chi connectivity index (χ4v) is 1.71. The number of aryl methyl sites for hydroxylation is 2. The quantitative estimate of drug-likeness (QED) is 0.837. The number of hydrogen-bond donors (Lipinski definition) is 1. The van der Waals surface area contributed by atoms with Gasteiger partial charge in [0.15, 0.2) is 0 Å². The smallest absolute Gasteiger partial charge is 0.126 e. The van der Waals surface area contributed by atoms with Crippen molar-refractivity contribution >= 4 is 5.69 Å². The summed E-state index contributed by atoms with van der Waals surface area (Å²) in [4.78, 5) is 0. The van der Waals surface area contributed by atoms with Crippen LogP contribution in [0.4, 0.5) is 10.1 Å². The standard InChI is InChI=1S/C15H16FN/c1-11-4-3-5-14(8-11)17-10-13-7-6-12(2)15(16)9-13/h3-9,17H,10H2,1-2H3. The Kier molecular flexibility index (Phi) is 3.43. The summed E-state index contributed by atoms with van der Waals surface area (Å²) < 4.78 is 13.3. The van der Waals surface area contributed by atoms with Gasteiger partial charge in [-0.25, -0.2) is 4.39 Å². The van der Waals surface area contributed by atoms with Crippen LogP contribution in [0.15, 0.2) is 42.5 Å². The number of anilines is 1. The number of benzene rings is 2. The zero-order valence-electron chi connectivity index (χ0n) is 10.1. The van der Waals surface area contributed by atoms with E-state index in [0.29, 0.717) is 12.1 Å². The van der Waals surface area contributed by atoms with Crippen LogP contribution in [0.2, 0.25) is 0 Å². The lowest BCUT2D eigenvalue weighted by Gasteiger charge is -2.08. The molecular formula is C15H16FN. The van der Waals surface area contributed by atoms with Crippen LogP contribution in [0.25, 0.3) is 0 Å². The number of hydrogen-bond acceptors (Lipinski definition) is 1. The van der Waals surface area contributed by atoms with Gasteiger partial charge in [-0.3, -0.25) is 0 Å².